The summed E-state index contributed by atoms with van der Waals surface area (Å²) in [5, 5.41) is 10.1. The Hall–Kier alpha value is -0.750. The Kier molecular flexibility index (Phi) is 24.6. The lowest BCUT2D eigenvalue weighted by atomic mass is 10.0. The van der Waals surface area contributed by atoms with Gasteiger partial charge in [0.2, 0.25) is 5.91 Å². The molecule has 2 saturated heterocycles. The summed E-state index contributed by atoms with van der Waals surface area (Å²) in [6.45, 7) is 8.90. The summed E-state index contributed by atoms with van der Waals surface area (Å²) in [5.41, 5.74) is 0. The molecule has 13 nitrogen and oxygen atoms in total. The van der Waals surface area contributed by atoms with Gasteiger partial charge < -0.3 is 53.8 Å². The number of carbonyl (C=O) groups is 2. The van der Waals surface area contributed by atoms with Crippen molar-refractivity contribution in [3.63, 3.8) is 0 Å². The first-order valence-electron chi connectivity index (χ1n) is 15.3. The van der Waals surface area contributed by atoms with Gasteiger partial charge >= 0.3 is 6.03 Å². The fourth-order valence-corrected chi connectivity index (χ4v) is 6.09. The number of nitrogens with one attached hydrogen (secondary N) is 3. The summed E-state index contributed by atoms with van der Waals surface area (Å²) in [4.78, 5) is 23.4. The highest BCUT2D eigenvalue weighted by atomic mass is 79.9. The zero-order valence-electron chi connectivity index (χ0n) is 25.4. The van der Waals surface area contributed by atoms with Crippen molar-refractivity contribution >= 4 is 39.6 Å². The molecule has 2 aliphatic heterocycles. The molecule has 3 atom stereocenters. The number of ether oxygens (including phenoxy) is 8. The molecule has 3 amide bonds. The summed E-state index contributed by atoms with van der Waals surface area (Å²) in [6.07, 6.45) is 3.36. The summed E-state index contributed by atoms with van der Waals surface area (Å²) >= 11 is 5.20. The van der Waals surface area contributed by atoms with E-state index >= 15 is 0 Å². The van der Waals surface area contributed by atoms with Crippen LogP contribution in [0.15, 0.2) is 0 Å². The average molecular weight is 703 g/mol. The van der Waals surface area contributed by atoms with E-state index in [4.69, 9.17) is 37.9 Å². The van der Waals surface area contributed by atoms with Crippen molar-refractivity contribution < 1.29 is 47.5 Å². The number of hydrogen-bond acceptors (Lipinski definition) is 11. The first-order chi connectivity index (χ1) is 21.2. The van der Waals surface area contributed by atoms with Crippen LogP contribution in [0, 0.1) is 0 Å². The lowest BCUT2D eigenvalue weighted by Crippen LogP contribution is -2.36. The predicted molar refractivity (Wildman–Crippen MR) is 167 cm³/mol. The Morgan fingerprint density at radius 2 is 1.16 bits per heavy atom. The number of halogens is 1. The number of urea groups is 1. The highest BCUT2D eigenvalue weighted by Gasteiger charge is 2.42. The topological polar surface area (TPSA) is 144 Å². The molecule has 43 heavy (non-hydrogen) atoms. The average Bonchev–Trinajstić information content (AvgIpc) is 3.56. The van der Waals surface area contributed by atoms with Gasteiger partial charge in [-0.3, -0.25) is 4.79 Å². The van der Waals surface area contributed by atoms with Crippen molar-refractivity contribution in [3.05, 3.63) is 0 Å². The van der Waals surface area contributed by atoms with Gasteiger partial charge in [0.05, 0.1) is 118 Å². The molecule has 3 N–H and O–H groups in total. The largest absolute Gasteiger partial charge is 0.378 e. The Balaban J connectivity index is 1.19. The molecule has 0 saturated carbocycles. The molecule has 0 unspecified atom stereocenters. The number of rotatable bonds is 31. The number of carbonyl (C=O) groups excluding carboxylic acids is 2. The minimum Gasteiger partial charge on any atom is -0.378 e. The van der Waals surface area contributed by atoms with Gasteiger partial charge in [0.25, 0.3) is 0 Å². The van der Waals surface area contributed by atoms with E-state index in [0.717, 1.165) is 30.3 Å². The van der Waals surface area contributed by atoms with Crippen LogP contribution in [-0.4, -0.2) is 153 Å². The molecule has 0 aliphatic carbocycles. The van der Waals surface area contributed by atoms with Crippen molar-refractivity contribution in [2.45, 2.75) is 43.0 Å². The highest BCUT2D eigenvalue weighted by molar-refractivity contribution is 9.09. The molecule has 0 bridgehead atoms. The highest BCUT2D eigenvalue weighted by Crippen LogP contribution is 2.33. The van der Waals surface area contributed by atoms with E-state index in [9.17, 15) is 9.59 Å². The third-order valence-electron chi connectivity index (χ3n) is 6.47. The molecule has 252 valence electrons. The van der Waals surface area contributed by atoms with Crippen LogP contribution >= 0.6 is 27.7 Å². The number of thioether (sulfide) groups is 1. The zero-order chi connectivity index (χ0) is 30.6. The summed E-state index contributed by atoms with van der Waals surface area (Å²) in [6, 6.07) is 0.421. The van der Waals surface area contributed by atoms with Gasteiger partial charge in [0.15, 0.2) is 0 Å². The van der Waals surface area contributed by atoms with E-state index in [1.54, 1.807) is 0 Å². The molecular formula is C28H52BrN3O10S. The van der Waals surface area contributed by atoms with Crippen LogP contribution in [0.1, 0.15) is 25.7 Å². The van der Waals surface area contributed by atoms with Gasteiger partial charge in [0.1, 0.15) is 0 Å². The van der Waals surface area contributed by atoms with Crippen LogP contribution in [-0.2, 0) is 42.7 Å². The molecule has 0 aromatic rings. The van der Waals surface area contributed by atoms with Gasteiger partial charge in [-0.05, 0) is 12.8 Å². The van der Waals surface area contributed by atoms with Crippen LogP contribution in [0.5, 0.6) is 0 Å². The summed E-state index contributed by atoms with van der Waals surface area (Å²) < 4.78 is 43.5. The third kappa shape index (κ3) is 20.8. The zero-order valence-corrected chi connectivity index (χ0v) is 27.8. The smallest absolute Gasteiger partial charge is 0.315 e. The van der Waals surface area contributed by atoms with Gasteiger partial charge in [-0.25, -0.2) is 4.79 Å². The van der Waals surface area contributed by atoms with E-state index in [1.165, 1.54) is 0 Å². The molecule has 2 fully saturated rings. The molecule has 0 aromatic heterocycles. The lowest BCUT2D eigenvalue weighted by Gasteiger charge is -2.16. The number of fused-ring (bicyclic) bond motifs is 1. The maximum absolute atomic E-state index is 12.0. The van der Waals surface area contributed by atoms with Crippen molar-refractivity contribution in [1.82, 2.24) is 16.0 Å². The third-order valence-corrected chi connectivity index (χ3v) is 8.31. The van der Waals surface area contributed by atoms with E-state index in [0.29, 0.717) is 124 Å². The van der Waals surface area contributed by atoms with Crippen molar-refractivity contribution in [2.75, 3.05) is 123 Å². The number of alkyl halides is 1. The normalized spacial score (nSPS) is 19.4. The molecule has 15 heteroatoms. The molecule has 2 aliphatic rings. The first-order valence-corrected chi connectivity index (χ1v) is 17.5. The van der Waals surface area contributed by atoms with E-state index in [-0.39, 0.29) is 24.0 Å². The van der Waals surface area contributed by atoms with Crippen LogP contribution in [0.2, 0.25) is 0 Å². The van der Waals surface area contributed by atoms with Crippen molar-refractivity contribution in [1.29, 1.82) is 0 Å². The second kappa shape index (κ2) is 27.6. The molecule has 0 spiro atoms. The first kappa shape index (κ1) is 38.4. The summed E-state index contributed by atoms with van der Waals surface area (Å²) in [5.74, 6) is 1.01. The standard InChI is InChI=1S/C28H52BrN3O10S/c29-5-7-35-9-11-37-13-15-39-17-19-41-21-22-42-20-18-40-16-14-38-12-10-36-8-6-30-26(33)4-2-1-3-25-27-24(23-43-25)31-28(34)32-27/h24-25,27H,1-23H2,(H,30,33)(H2,31,32,34)/t24-,25-,27-/m0/s1. The second-order valence-electron chi connectivity index (χ2n) is 9.81. The number of amides is 3. The molecule has 0 radical (unpaired) electrons. The van der Waals surface area contributed by atoms with E-state index in [2.05, 4.69) is 31.9 Å². The van der Waals surface area contributed by atoms with Gasteiger partial charge in [-0.2, -0.15) is 11.8 Å². The number of hydrogen-bond donors (Lipinski definition) is 3. The minimum atomic E-state index is -0.0574. The van der Waals surface area contributed by atoms with Gasteiger partial charge in [0, 0.05) is 29.3 Å². The summed E-state index contributed by atoms with van der Waals surface area (Å²) in [7, 11) is 0. The van der Waals surface area contributed by atoms with Crippen LogP contribution in [0.25, 0.3) is 0 Å². The van der Waals surface area contributed by atoms with Gasteiger partial charge in [-0.15, -0.1) is 0 Å². The fraction of sp³-hybridized carbons (Fsp3) is 0.929. The van der Waals surface area contributed by atoms with Crippen LogP contribution in [0.3, 0.4) is 0 Å². The van der Waals surface area contributed by atoms with Gasteiger partial charge in [-0.1, -0.05) is 22.4 Å². The Bertz CT molecular complexity index is 703. The van der Waals surface area contributed by atoms with Crippen LogP contribution in [0.4, 0.5) is 4.79 Å². The van der Waals surface area contributed by atoms with Crippen LogP contribution < -0.4 is 16.0 Å². The molecule has 2 heterocycles. The fourth-order valence-electron chi connectivity index (χ4n) is 4.32. The lowest BCUT2D eigenvalue weighted by molar-refractivity contribution is -0.121. The maximum Gasteiger partial charge on any atom is 0.315 e. The predicted octanol–water partition coefficient (Wildman–Crippen LogP) is 1.36. The van der Waals surface area contributed by atoms with E-state index < -0.39 is 0 Å². The Morgan fingerprint density at radius 1 is 0.698 bits per heavy atom. The van der Waals surface area contributed by atoms with Crippen molar-refractivity contribution in [3.8, 4) is 0 Å². The SMILES string of the molecule is O=C(CCCC[C@@H]1SC[C@@H]2NC(=O)N[C@@H]21)NCCOCCOCCOCCOCCOCCOCCOCCOCCBr. The Morgan fingerprint density at radius 3 is 1.65 bits per heavy atom. The molecule has 0 aromatic carbocycles. The molecular weight excluding hydrogens is 650 g/mol. The Labute approximate surface area is 268 Å². The minimum absolute atomic E-state index is 0.0481. The van der Waals surface area contributed by atoms with Crippen molar-refractivity contribution in [2.24, 2.45) is 0 Å². The second-order valence-corrected chi connectivity index (χ2v) is 11.9. The monoisotopic (exact) mass is 701 g/mol. The molecule has 2 rings (SSSR count). The maximum atomic E-state index is 12.0. The quantitative estimate of drug-likeness (QED) is 0.0548. The number of unbranched alkanes of at least 4 members (excludes halogenated alkanes) is 1. The van der Waals surface area contributed by atoms with E-state index in [1.807, 2.05) is 11.8 Å².